The van der Waals surface area contributed by atoms with Crippen LogP contribution >= 0.6 is 0 Å². The molecule has 0 saturated heterocycles. The van der Waals surface area contributed by atoms with Crippen molar-refractivity contribution in [1.82, 2.24) is 9.88 Å². The Kier molecular flexibility index (Phi) is 5.00. The van der Waals surface area contributed by atoms with Gasteiger partial charge in [-0.25, -0.2) is 0 Å². The van der Waals surface area contributed by atoms with Crippen LogP contribution in [0.2, 0.25) is 0 Å². The molecule has 3 N–H and O–H groups in total. The van der Waals surface area contributed by atoms with Crippen LogP contribution in [0.3, 0.4) is 0 Å². The smallest absolute Gasteiger partial charge is 0.0765 e. The molecule has 2 rings (SSSR count). The van der Waals surface area contributed by atoms with Crippen molar-refractivity contribution < 1.29 is 5.11 Å². The maximum Gasteiger partial charge on any atom is 0.0765 e. The van der Waals surface area contributed by atoms with E-state index < -0.39 is 6.10 Å². The lowest BCUT2D eigenvalue weighted by molar-refractivity contribution is -0.0174. The number of likely N-dealkylation sites (N-methyl/N-ethyl adjacent to an activating group) is 1. The van der Waals surface area contributed by atoms with Crippen LogP contribution in [0.15, 0.2) is 18.5 Å². The SMILES string of the molecule is CN(C)C1(C(O)Cc2cnccc2N)CCCCCC1. The van der Waals surface area contributed by atoms with E-state index in [0.717, 1.165) is 24.1 Å². The zero-order valence-electron chi connectivity index (χ0n) is 12.7. The number of aromatic nitrogens is 1. The molecule has 4 nitrogen and oxygen atoms in total. The maximum absolute atomic E-state index is 10.9. The summed E-state index contributed by atoms with van der Waals surface area (Å²) in [6, 6.07) is 1.80. The van der Waals surface area contributed by atoms with Crippen molar-refractivity contribution in [1.29, 1.82) is 0 Å². The third-order valence-electron chi connectivity index (χ3n) is 4.83. The van der Waals surface area contributed by atoms with Crippen molar-refractivity contribution in [2.24, 2.45) is 0 Å². The second-order valence-corrected chi connectivity index (χ2v) is 6.21. The van der Waals surface area contributed by atoms with Gasteiger partial charge in [-0.1, -0.05) is 25.7 Å². The van der Waals surface area contributed by atoms with Crippen LogP contribution in [0.1, 0.15) is 44.1 Å². The fourth-order valence-corrected chi connectivity index (χ4v) is 3.43. The Bertz CT molecular complexity index is 425. The number of hydrogen-bond donors (Lipinski definition) is 2. The van der Waals surface area contributed by atoms with Crippen LogP contribution in [0.25, 0.3) is 0 Å². The average molecular weight is 277 g/mol. The summed E-state index contributed by atoms with van der Waals surface area (Å²) in [6.45, 7) is 0. The van der Waals surface area contributed by atoms with Crippen LogP contribution in [0, 0.1) is 0 Å². The van der Waals surface area contributed by atoms with Gasteiger partial charge in [-0.15, -0.1) is 0 Å². The van der Waals surface area contributed by atoms with Crippen molar-refractivity contribution in [3.63, 3.8) is 0 Å². The number of nitrogen functional groups attached to an aromatic ring is 1. The van der Waals surface area contributed by atoms with Gasteiger partial charge in [-0.2, -0.15) is 0 Å². The molecule has 0 aromatic carbocycles. The molecule has 1 atom stereocenters. The minimum absolute atomic E-state index is 0.126. The highest BCUT2D eigenvalue weighted by Gasteiger charge is 2.40. The minimum Gasteiger partial charge on any atom is -0.398 e. The molecule has 1 aliphatic rings. The summed E-state index contributed by atoms with van der Waals surface area (Å²) in [5.41, 5.74) is 7.53. The monoisotopic (exact) mass is 277 g/mol. The first-order valence-corrected chi connectivity index (χ1v) is 7.60. The third kappa shape index (κ3) is 3.13. The van der Waals surface area contributed by atoms with Gasteiger partial charge in [0.1, 0.15) is 0 Å². The largest absolute Gasteiger partial charge is 0.398 e. The van der Waals surface area contributed by atoms with Gasteiger partial charge in [0.2, 0.25) is 0 Å². The lowest BCUT2D eigenvalue weighted by Crippen LogP contribution is -2.54. The van der Waals surface area contributed by atoms with E-state index in [4.69, 9.17) is 5.73 Å². The molecular formula is C16H27N3O. The molecule has 0 aliphatic heterocycles. The first-order chi connectivity index (χ1) is 9.56. The fraction of sp³-hybridized carbons (Fsp3) is 0.688. The molecule has 0 bridgehead atoms. The highest BCUT2D eigenvalue weighted by atomic mass is 16.3. The Hall–Kier alpha value is -1.13. The van der Waals surface area contributed by atoms with Gasteiger partial charge >= 0.3 is 0 Å². The van der Waals surface area contributed by atoms with Crippen LogP contribution in [0.5, 0.6) is 0 Å². The number of pyridine rings is 1. The number of aliphatic hydroxyl groups is 1. The van der Waals surface area contributed by atoms with Crippen LogP contribution in [-0.4, -0.2) is 40.7 Å². The molecule has 0 amide bonds. The van der Waals surface area contributed by atoms with Gasteiger partial charge in [0.15, 0.2) is 0 Å². The van der Waals surface area contributed by atoms with Crippen molar-refractivity contribution in [2.75, 3.05) is 19.8 Å². The lowest BCUT2D eigenvalue weighted by Gasteiger charge is -2.43. The second-order valence-electron chi connectivity index (χ2n) is 6.21. The zero-order valence-corrected chi connectivity index (χ0v) is 12.7. The van der Waals surface area contributed by atoms with Gasteiger partial charge in [0, 0.05) is 30.0 Å². The van der Waals surface area contributed by atoms with Crippen molar-refractivity contribution >= 4 is 5.69 Å². The molecule has 1 aromatic heterocycles. The van der Waals surface area contributed by atoms with E-state index in [2.05, 4.69) is 24.0 Å². The van der Waals surface area contributed by atoms with Gasteiger partial charge in [-0.05, 0) is 38.6 Å². The Morgan fingerprint density at radius 1 is 1.30 bits per heavy atom. The van der Waals surface area contributed by atoms with Crippen molar-refractivity contribution in [2.45, 2.75) is 56.6 Å². The molecule has 20 heavy (non-hydrogen) atoms. The fourth-order valence-electron chi connectivity index (χ4n) is 3.43. The molecule has 1 fully saturated rings. The first-order valence-electron chi connectivity index (χ1n) is 7.60. The molecule has 1 saturated carbocycles. The minimum atomic E-state index is -0.401. The number of nitrogens with zero attached hydrogens (tertiary/aromatic N) is 2. The molecule has 1 heterocycles. The number of aliphatic hydroxyl groups excluding tert-OH is 1. The standard InChI is InChI=1S/C16H27N3O/c1-19(2)16(8-5-3-4-6-9-16)15(20)11-13-12-18-10-7-14(13)17/h7,10,12,15,20H,3-6,8-9,11H2,1-2H3,(H2,17,18). The van der Waals surface area contributed by atoms with Crippen molar-refractivity contribution in [3.05, 3.63) is 24.0 Å². The highest BCUT2D eigenvalue weighted by Crippen LogP contribution is 2.35. The summed E-state index contributed by atoms with van der Waals surface area (Å²) in [5.74, 6) is 0. The predicted molar refractivity (Wildman–Crippen MR) is 82.5 cm³/mol. The number of anilines is 1. The van der Waals surface area contributed by atoms with Gasteiger partial charge < -0.3 is 15.7 Å². The molecule has 1 aliphatic carbocycles. The first kappa shape index (κ1) is 15.3. The Labute approximate surface area is 122 Å². The molecular weight excluding hydrogens is 250 g/mol. The van der Waals surface area contributed by atoms with Crippen LogP contribution in [-0.2, 0) is 6.42 Å². The molecule has 4 heteroatoms. The van der Waals surface area contributed by atoms with Crippen LogP contribution < -0.4 is 5.73 Å². The molecule has 1 aromatic rings. The van der Waals surface area contributed by atoms with E-state index in [0.29, 0.717) is 6.42 Å². The van der Waals surface area contributed by atoms with E-state index in [1.54, 1.807) is 18.5 Å². The van der Waals surface area contributed by atoms with Gasteiger partial charge in [-0.3, -0.25) is 4.98 Å². The number of nitrogens with two attached hydrogens (primary N) is 1. The summed E-state index contributed by atoms with van der Waals surface area (Å²) < 4.78 is 0. The molecule has 0 radical (unpaired) electrons. The quantitative estimate of drug-likeness (QED) is 0.828. The lowest BCUT2D eigenvalue weighted by atomic mass is 9.80. The maximum atomic E-state index is 10.9. The number of hydrogen-bond acceptors (Lipinski definition) is 4. The normalized spacial score (nSPS) is 20.6. The van der Waals surface area contributed by atoms with E-state index in [1.165, 1.54) is 25.7 Å². The molecule has 112 valence electrons. The summed E-state index contributed by atoms with van der Waals surface area (Å²) in [5, 5.41) is 10.9. The molecule has 0 spiro atoms. The van der Waals surface area contributed by atoms with E-state index in [-0.39, 0.29) is 5.54 Å². The van der Waals surface area contributed by atoms with Gasteiger partial charge in [0.05, 0.1) is 6.10 Å². The van der Waals surface area contributed by atoms with Crippen molar-refractivity contribution in [3.8, 4) is 0 Å². The Morgan fingerprint density at radius 2 is 1.95 bits per heavy atom. The summed E-state index contributed by atoms with van der Waals surface area (Å²) in [7, 11) is 4.17. The van der Waals surface area contributed by atoms with E-state index in [9.17, 15) is 5.11 Å². The third-order valence-corrected chi connectivity index (χ3v) is 4.83. The topological polar surface area (TPSA) is 62.4 Å². The average Bonchev–Trinajstić information content (AvgIpc) is 2.68. The van der Waals surface area contributed by atoms with E-state index >= 15 is 0 Å². The zero-order chi connectivity index (χ0) is 14.6. The summed E-state index contributed by atoms with van der Waals surface area (Å²) in [6.07, 6.45) is 10.7. The van der Waals surface area contributed by atoms with Crippen LogP contribution in [0.4, 0.5) is 5.69 Å². The van der Waals surface area contributed by atoms with Gasteiger partial charge in [0.25, 0.3) is 0 Å². The number of rotatable bonds is 4. The predicted octanol–water partition coefficient (Wildman–Crippen LogP) is 2.22. The van der Waals surface area contributed by atoms with E-state index in [1.807, 2.05) is 0 Å². The molecule has 1 unspecified atom stereocenters. The summed E-state index contributed by atoms with van der Waals surface area (Å²) >= 11 is 0. The summed E-state index contributed by atoms with van der Waals surface area (Å²) in [4.78, 5) is 6.34. The second kappa shape index (κ2) is 6.55. The highest BCUT2D eigenvalue weighted by molar-refractivity contribution is 5.44. The Morgan fingerprint density at radius 3 is 2.50 bits per heavy atom. The Balaban J connectivity index is 2.18.